The number of aromatic nitrogens is 2. The van der Waals surface area contributed by atoms with Crippen LogP contribution < -0.4 is 5.73 Å². The highest BCUT2D eigenvalue weighted by molar-refractivity contribution is 6.34. The van der Waals surface area contributed by atoms with E-state index in [4.69, 9.17) is 28.9 Å². The highest BCUT2D eigenvalue weighted by Crippen LogP contribution is 2.25. The van der Waals surface area contributed by atoms with Gasteiger partial charge in [-0.05, 0) is 30.7 Å². The Balaban J connectivity index is 2.39. The zero-order valence-corrected chi connectivity index (χ0v) is 10.9. The Kier molecular flexibility index (Phi) is 3.72. The van der Waals surface area contributed by atoms with Crippen LogP contribution in [0.4, 0.5) is 0 Å². The van der Waals surface area contributed by atoms with Gasteiger partial charge in [0.25, 0.3) is 0 Å². The highest BCUT2D eigenvalue weighted by Gasteiger charge is 2.15. The molecule has 2 aromatic rings. The third-order valence-corrected chi connectivity index (χ3v) is 3.05. The van der Waals surface area contributed by atoms with E-state index in [1.54, 1.807) is 12.3 Å². The van der Waals surface area contributed by atoms with Crippen molar-refractivity contribution in [1.29, 1.82) is 0 Å². The Morgan fingerprint density at radius 3 is 2.53 bits per heavy atom. The molecule has 0 saturated carbocycles. The van der Waals surface area contributed by atoms with Crippen molar-refractivity contribution in [3.63, 3.8) is 0 Å². The van der Waals surface area contributed by atoms with E-state index in [1.165, 1.54) is 0 Å². The molecule has 3 nitrogen and oxygen atoms in total. The maximum atomic E-state index is 6.17. The van der Waals surface area contributed by atoms with Crippen LogP contribution in [0, 0.1) is 0 Å². The summed E-state index contributed by atoms with van der Waals surface area (Å²) >= 11 is 11.9. The van der Waals surface area contributed by atoms with Crippen molar-refractivity contribution >= 4 is 23.2 Å². The van der Waals surface area contributed by atoms with E-state index in [2.05, 4.69) is 4.98 Å². The number of benzene rings is 1. The van der Waals surface area contributed by atoms with Crippen molar-refractivity contribution in [2.45, 2.75) is 19.5 Å². The summed E-state index contributed by atoms with van der Waals surface area (Å²) in [6, 6.07) is 4.99. The molecule has 90 valence electrons. The first-order valence-electron chi connectivity index (χ1n) is 5.34. The van der Waals surface area contributed by atoms with E-state index in [1.807, 2.05) is 29.8 Å². The molecule has 0 amide bonds. The van der Waals surface area contributed by atoms with Gasteiger partial charge in [-0.15, -0.1) is 0 Å². The number of hydrogen-bond donors (Lipinski definition) is 1. The fraction of sp³-hybridized carbons (Fsp3) is 0.250. The van der Waals surface area contributed by atoms with Gasteiger partial charge >= 0.3 is 0 Å². The van der Waals surface area contributed by atoms with Crippen LogP contribution in [0.3, 0.4) is 0 Å². The summed E-state index contributed by atoms with van der Waals surface area (Å²) in [6.45, 7) is 2.88. The summed E-state index contributed by atoms with van der Waals surface area (Å²) in [5.74, 6) is 0.811. The molecule has 1 aromatic heterocycles. The fourth-order valence-corrected chi connectivity index (χ4v) is 2.31. The lowest BCUT2D eigenvalue weighted by atomic mass is 10.1. The number of halogens is 2. The molecule has 0 aliphatic rings. The van der Waals surface area contributed by atoms with Crippen LogP contribution in [0.2, 0.25) is 10.0 Å². The quantitative estimate of drug-likeness (QED) is 0.930. The Hall–Kier alpha value is -1.03. The Morgan fingerprint density at radius 2 is 1.94 bits per heavy atom. The maximum Gasteiger partial charge on any atom is 0.130 e. The minimum Gasteiger partial charge on any atom is -0.334 e. The van der Waals surface area contributed by atoms with Crippen LogP contribution in [-0.4, -0.2) is 9.55 Å². The Bertz CT molecular complexity index is 502. The number of rotatable bonds is 3. The average Bonchev–Trinajstić information content (AvgIpc) is 2.74. The largest absolute Gasteiger partial charge is 0.334 e. The second-order valence-corrected chi connectivity index (χ2v) is 4.62. The summed E-state index contributed by atoms with van der Waals surface area (Å²) in [5.41, 5.74) is 7.04. The van der Waals surface area contributed by atoms with Crippen molar-refractivity contribution in [2.75, 3.05) is 0 Å². The molecule has 0 aliphatic heterocycles. The smallest absolute Gasteiger partial charge is 0.130 e. The van der Waals surface area contributed by atoms with Gasteiger partial charge in [-0.1, -0.05) is 23.2 Å². The molecule has 0 fully saturated rings. The minimum absolute atomic E-state index is 0.318. The van der Waals surface area contributed by atoms with E-state index < -0.39 is 0 Å². The third-order valence-electron chi connectivity index (χ3n) is 2.61. The van der Waals surface area contributed by atoms with Crippen molar-refractivity contribution in [3.8, 4) is 0 Å². The van der Waals surface area contributed by atoms with Crippen LogP contribution in [0.1, 0.15) is 24.4 Å². The third kappa shape index (κ3) is 2.63. The fourth-order valence-electron chi connectivity index (χ4n) is 1.77. The molecular weight excluding hydrogens is 257 g/mol. The normalized spacial score (nSPS) is 12.7. The molecule has 1 unspecified atom stereocenters. The standard InChI is InChI=1S/C12H13Cl2N3/c1-2-17-4-3-16-12(17)11(15)8-5-9(13)7-10(14)6-8/h3-7,11H,2,15H2,1H3. The maximum absolute atomic E-state index is 6.17. The van der Waals surface area contributed by atoms with Gasteiger partial charge in [0.15, 0.2) is 0 Å². The van der Waals surface area contributed by atoms with E-state index in [9.17, 15) is 0 Å². The minimum atomic E-state index is -0.318. The number of aryl methyl sites for hydroxylation is 1. The van der Waals surface area contributed by atoms with Crippen molar-refractivity contribution in [1.82, 2.24) is 9.55 Å². The molecule has 17 heavy (non-hydrogen) atoms. The molecule has 1 atom stereocenters. The topological polar surface area (TPSA) is 43.8 Å². The van der Waals surface area contributed by atoms with Crippen LogP contribution in [0.5, 0.6) is 0 Å². The Morgan fingerprint density at radius 1 is 1.29 bits per heavy atom. The molecule has 0 saturated heterocycles. The SMILES string of the molecule is CCn1ccnc1C(N)c1cc(Cl)cc(Cl)c1. The summed E-state index contributed by atoms with van der Waals surface area (Å²) < 4.78 is 2.00. The van der Waals surface area contributed by atoms with E-state index in [-0.39, 0.29) is 6.04 Å². The van der Waals surface area contributed by atoms with Gasteiger partial charge in [0.1, 0.15) is 5.82 Å². The molecular formula is C12H13Cl2N3. The van der Waals surface area contributed by atoms with Gasteiger partial charge in [0.2, 0.25) is 0 Å². The second-order valence-electron chi connectivity index (χ2n) is 3.75. The van der Waals surface area contributed by atoms with Gasteiger partial charge in [0, 0.05) is 29.0 Å². The average molecular weight is 270 g/mol. The van der Waals surface area contributed by atoms with Crippen molar-refractivity contribution < 1.29 is 0 Å². The van der Waals surface area contributed by atoms with Crippen LogP contribution >= 0.6 is 23.2 Å². The molecule has 0 spiro atoms. The first kappa shape index (κ1) is 12.4. The van der Waals surface area contributed by atoms with Crippen molar-refractivity contribution in [2.24, 2.45) is 5.73 Å². The van der Waals surface area contributed by atoms with Crippen molar-refractivity contribution in [3.05, 3.63) is 52.0 Å². The molecule has 0 bridgehead atoms. The van der Waals surface area contributed by atoms with Gasteiger partial charge in [0.05, 0.1) is 6.04 Å². The molecule has 1 aromatic carbocycles. The van der Waals surface area contributed by atoms with E-state index >= 15 is 0 Å². The monoisotopic (exact) mass is 269 g/mol. The van der Waals surface area contributed by atoms with Crippen LogP contribution in [0.15, 0.2) is 30.6 Å². The number of nitrogens with two attached hydrogens (primary N) is 1. The first-order chi connectivity index (χ1) is 8.11. The summed E-state index contributed by atoms with van der Waals surface area (Å²) in [5, 5.41) is 1.16. The predicted molar refractivity (Wildman–Crippen MR) is 70.4 cm³/mol. The lowest BCUT2D eigenvalue weighted by molar-refractivity contribution is 0.656. The summed E-state index contributed by atoms with van der Waals surface area (Å²) in [6.07, 6.45) is 3.65. The van der Waals surface area contributed by atoms with Gasteiger partial charge in [-0.25, -0.2) is 4.98 Å². The lowest BCUT2D eigenvalue weighted by Crippen LogP contribution is -2.17. The van der Waals surface area contributed by atoms with E-state index in [0.29, 0.717) is 10.0 Å². The Labute approximate surface area is 110 Å². The number of nitrogens with zero attached hydrogens (tertiary/aromatic N) is 2. The first-order valence-corrected chi connectivity index (χ1v) is 6.10. The predicted octanol–water partition coefficient (Wildman–Crippen LogP) is 3.26. The zero-order chi connectivity index (χ0) is 12.4. The summed E-state index contributed by atoms with van der Waals surface area (Å²) in [4.78, 5) is 4.27. The van der Waals surface area contributed by atoms with Crippen LogP contribution in [0.25, 0.3) is 0 Å². The lowest BCUT2D eigenvalue weighted by Gasteiger charge is -2.14. The van der Waals surface area contributed by atoms with Gasteiger partial charge in [-0.3, -0.25) is 0 Å². The molecule has 5 heteroatoms. The van der Waals surface area contributed by atoms with E-state index in [0.717, 1.165) is 17.9 Å². The molecule has 2 rings (SSSR count). The number of imidazole rings is 1. The zero-order valence-electron chi connectivity index (χ0n) is 9.40. The number of hydrogen-bond acceptors (Lipinski definition) is 2. The van der Waals surface area contributed by atoms with Gasteiger partial charge < -0.3 is 10.3 Å². The van der Waals surface area contributed by atoms with Gasteiger partial charge in [-0.2, -0.15) is 0 Å². The summed E-state index contributed by atoms with van der Waals surface area (Å²) in [7, 11) is 0. The highest BCUT2D eigenvalue weighted by atomic mass is 35.5. The molecule has 2 N–H and O–H groups in total. The molecule has 0 radical (unpaired) electrons. The molecule has 0 aliphatic carbocycles. The molecule has 1 heterocycles. The van der Waals surface area contributed by atoms with Crippen LogP contribution in [-0.2, 0) is 6.54 Å². The second kappa shape index (κ2) is 5.08.